The van der Waals surface area contributed by atoms with Gasteiger partial charge in [-0.05, 0) is 42.5 Å². The number of piperidine rings is 1. The van der Waals surface area contributed by atoms with Crippen molar-refractivity contribution in [2.75, 3.05) is 33.4 Å². The molecule has 4 rings (SSSR count). The van der Waals surface area contributed by atoms with Crippen LogP contribution in [0.5, 0.6) is 5.75 Å². The number of hydroxylamine groups is 1. The SMILES string of the molecule is CONC(=O)Cc1ccc(OCCN2CCC(N(C(=O)O)[C@@H]3C[C@H]3c3ccccc3)CC2)cc1. The van der Waals surface area contributed by atoms with E-state index >= 15 is 0 Å². The Morgan fingerprint density at radius 1 is 1.09 bits per heavy atom. The van der Waals surface area contributed by atoms with Crippen LogP contribution < -0.4 is 10.2 Å². The molecule has 1 heterocycles. The molecule has 8 heteroatoms. The van der Waals surface area contributed by atoms with Crippen LogP contribution in [0.2, 0.25) is 0 Å². The van der Waals surface area contributed by atoms with Crippen molar-refractivity contribution in [3.8, 4) is 5.75 Å². The van der Waals surface area contributed by atoms with Crippen molar-refractivity contribution in [3.63, 3.8) is 0 Å². The van der Waals surface area contributed by atoms with Gasteiger partial charge in [0.1, 0.15) is 12.4 Å². The second-order valence-electron chi connectivity index (χ2n) is 8.98. The highest BCUT2D eigenvalue weighted by Gasteiger charge is 2.47. The van der Waals surface area contributed by atoms with Crippen molar-refractivity contribution in [1.29, 1.82) is 0 Å². The molecular formula is C26H33N3O5. The van der Waals surface area contributed by atoms with Crippen LogP contribution in [0.15, 0.2) is 54.6 Å². The average Bonchev–Trinajstić information content (AvgIpc) is 3.62. The topological polar surface area (TPSA) is 91.3 Å². The molecular weight excluding hydrogens is 434 g/mol. The van der Waals surface area contributed by atoms with Crippen molar-refractivity contribution in [1.82, 2.24) is 15.3 Å². The highest BCUT2D eigenvalue weighted by molar-refractivity contribution is 5.77. The fraction of sp³-hybridized carbons (Fsp3) is 0.462. The Balaban J connectivity index is 1.19. The summed E-state index contributed by atoms with van der Waals surface area (Å²) < 4.78 is 5.87. The molecule has 2 aliphatic rings. The van der Waals surface area contributed by atoms with E-state index < -0.39 is 6.09 Å². The van der Waals surface area contributed by atoms with Crippen LogP contribution in [0.4, 0.5) is 4.79 Å². The molecule has 1 aliphatic heterocycles. The summed E-state index contributed by atoms with van der Waals surface area (Å²) in [5.41, 5.74) is 4.43. The van der Waals surface area contributed by atoms with Crippen molar-refractivity contribution < 1.29 is 24.3 Å². The number of carboxylic acid groups (broad SMARTS) is 1. The molecule has 0 bridgehead atoms. The number of nitrogens with zero attached hydrogens (tertiary/aromatic N) is 2. The van der Waals surface area contributed by atoms with E-state index in [0.29, 0.717) is 12.5 Å². The molecule has 0 unspecified atom stereocenters. The second-order valence-corrected chi connectivity index (χ2v) is 8.98. The zero-order valence-corrected chi connectivity index (χ0v) is 19.6. The first-order valence-corrected chi connectivity index (χ1v) is 11.9. The number of amides is 2. The smallest absolute Gasteiger partial charge is 0.407 e. The quantitative estimate of drug-likeness (QED) is 0.521. The molecule has 0 spiro atoms. The molecule has 1 aliphatic carbocycles. The zero-order chi connectivity index (χ0) is 23.9. The minimum Gasteiger partial charge on any atom is -0.492 e. The number of likely N-dealkylation sites (tertiary alicyclic amines) is 1. The highest BCUT2D eigenvalue weighted by atomic mass is 16.6. The Kier molecular flexibility index (Phi) is 8.03. The van der Waals surface area contributed by atoms with Crippen LogP contribution >= 0.6 is 0 Å². The summed E-state index contributed by atoms with van der Waals surface area (Å²) in [6, 6.07) is 17.9. The molecule has 182 valence electrons. The number of carbonyl (C=O) groups excluding carboxylic acids is 1. The minimum atomic E-state index is -0.798. The number of hydrogen-bond acceptors (Lipinski definition) is 5. The van der Waals surface area contributed by atoms with Crippen LogP contribution in [0, 0.1) is 0 Å². The van der Waals surface area contributed by atoms with Crippen LogP contribution in [0.3, 0.4) is 0 Å². The summed E-state index contributed by atoms with van der Waals surface area (Å²) in [7, 11) is 1.41. The van der Waals surface area contributed by atoms with Crippen molar-refractivity contribution in [2.24, 2.45) is 0 Å². The molecule has 2 N–H and O–H groups in total. The van der Waals surface area contributed by atoms with Crippen molar-refractivity contribution in [3.05, 3.63) is 65.7 Å². The van der Waals surface area contributed by atoms with Gasteiger partial charge >= 0.3 is 6.09 Å². The van der Waals surface area contributed by atoms with Crippen molar-refractivity contribution in [2.45, 2.75) is 43.7 Å². The van der Waals surface area contributed by atoms with Crippen LogP contribution in [0.25, 0.3) is 0 Å². The molecule has 2 atom stereocenters. The standard InChI is InChI=1S/C26H33N3O5/c1-33-27-25(30)17-19-7-9-22(10-8-19)34-16-15-28-13-11-21(12-14-28)29(26(31)32)24-18-23(24)20-5-3-2-4-6-20/h2-10,21,23-24H,11-18H2,1H3,(H,27,30)(H,31,32)/t23-,24+/m0/s1. The van der Waals surface area contributed by atoms with Gasteiger partial charge in [-0.1, -0.05) is 42.5 Å². The van der Waals surface area contributed by atoms with Gasteiger partial charge in [0.15, 0.2) is 0 Å². The van der Waals surface area contributed by atoms with Gasteiger partial charge in [-0.3, -0.25) is 14.5 Å². The van der Waals surface area contributed by atoms with Crippen LogP contribution in [0.1, 0.15) is 36.3 Å². The van der Waals surface area contributed by atoms with Crippen LogP contribution in [-0.2, 0) is 16.1 Å². The Bertz CT molecular complexity index is 945. The normalized spacial score (nSPS) is 20.5. The van der Waals surface area contributed by atoms with Crippen molar-refractivity contribution >= 4 is 12.0 Å². The number of ether oxygens (including phenoxy) is 1. The van der Waals surface area contributed by atoms with E-state index in [1.165, 1.54) is 12.7 Å². The summed E-state index contributed by atoms with van der Waals surface area (Å²) in [5.74, 6) is 0.895. The Labute approximate surface area is 200 Å². The van der Waals surface area contributed by atoms with Gasteiger partial charge in [-0.2, -0.15) is 0 Å². The molecule has 8 nitrogen and oxygen atoms in total. The van der Waals surface area contributed by atoms with Gasteiger partial charge in [0.05, 0.1) is 13.5 Å². The fourth-order valence-electron chi connectivity index (χ4n) is 4.87. The maximum absolute atomic E-state index is 12.0. The fourth-order valence-corrected chi connectivity index (χ4v) is 4.87. The van der Waals surface area contributed by atoms with E-state index in [1.807, 2.05) is 42.5 Å². The lowest BCUT2D eigenvalue weighted by molar-refractivity contribution is -0.130. The van der Waals surface area contributed by atoms with Gasteiger partial charge in [0.25, 0.3) is 0 Å². The Hall–Kier alpha value is -3.10. The maximum Gasteiger partial charge on any atom is 0.407 e. The van der Waals surface area contributed by atoms with E-state index in [1.54, 1.807) is 4.90 Å². The van der Waals surface area contributed by atoms with E-state index in [0.717, 1.165) is 50.2 Å². The molecule has 1 saturated heterocycles. The molecule has 2 amide bonds. The number of carbonyl (C=O) groups is 2. The predicted octanol–water partition coefficient (Wildman–Crippen LogP) is 3.29. The third-order valence-electron chi connectivity index (χ3n) is 6.69. The highest BCUT2D eigenvalue weighted by Crippen LogP contribution is 2.46. The lowest BCUT2D eigenvalue weighted by Gasteiger charge is -2.37. The third-order valence-corrected chi connectivity index (χ3v) is 6.69. The number of nitrogens with one attached hydrogen (secondary N) is 1. The molecule has 34 heavy (non-hydrogen) atoms. The summed E-state index contributed by atoms with van der Waals surface area (Å²) in [6.07, 6.45) is 2.07. The average molecular weight is 468 g/mol. The predicted molar refractivity (Wildman–Crippen MR) is 128 cm³/mol. The third kappa shape index (κ3) is 6.27. The van der Waals surface area contributed by atoms with Gasteiger partial charge in [0.2, 0.25) is 5.91 Å². The first-order valence-electron chi connectivity index (χ1n) is 11.9. The Morgan fingerprint density at radius 3 is 2.44 bits per heavy atom. The first-order chi connectivity index (χ1) is 16.5. The lowest BCUT2D eigenvalue weighted by Crippen LogP contribution is -2.48. The van der Waals surface area contributed by atoms with Gasteiger partial charge in [-0.25, -0.2) is 10.3 Å². The summed E-state index contributed by atoms with van der Waals surface area (Å²) in [4.78, 5) is 32.3. The maximum atomic E-state index is 12.0. The molecule has 2 aromatic carbocycles. The number of benzene rings is 2. The molecule has 2 aromatic rings. The minimum absolute atomic E-state index is 0.0798. The van der Waals surface area contributed by atoms with E-state index in [9.17, 15) is 14.7 Å². The monoisotopic (exact) mass is 467 g/mol. The van der Waals surface area contributed by atoms with E-state index in [2.05, 4.69) is 27.4 Å². The van der Waals surface area contributed by atoms with E-state index in [4.69, 9.17) is 4.74 Å². The van der Waals surface area contributed by atoms with E-state index in [-0.39, 0.29) is 24.4 Å². The summed E-state index contributed by atoms with van der Waals surface area (Å²) in [6.45, 7) is 3.10. The summed E-state index contributed by atoms with van der Waals surface area (Å²) >= 11 is 0. The number of rotatable bonds is 10. The van der Waals surface area contributed by atoms with Gasteiger partial charge in [-0.15, -0.1) is 0 Å². The molecule has 1 saturated carbocycles. The molecule has 0 aromatic heterocycles. The number of hydrogen-bond donors (Lipinski definition) is 2. The van der Waals surface area contributed by atoms with Crippen LogP contribution in [-0.4, -0.2) is 72.3 Å². The largest absolute Gasteiger partial charge is 0.492 e. The summed E-state index contributed by atoms with van der Waals surface area (Å²) in [5, 5.41) is 9.89. The Morgan fingerprint density at radius 2 is 1.79 bits per heavy atom. The lowest BCUT2D eigenvalue weighted by atomic mass is 10.0. The zero-order valence-electron chi connectivity index (χ0n) is 19.6. The molecule has 2 fully saturated rings. The molecule has 0 radical (unpaired) electrons. The first kappa shape index (κ1) is 24.0. The van der Waals surface area contributed by atoms with Gasteiger partial charge < -0.3 is 14.7 Å². The van der Waals surface area contributed by atoms with Gasteiger partial charge in [0, 0.05) is 37.6 Å². The second kappa shape index (κ2) is 11.4.